The summed E-state index contributed by atoms with van der Waals surface area (Å²) >= 11 is 1.42. The fraction of sp³-hybridized carbons (Fsp3) is 0.0526. The molecule has 4 rings (SSSR count). The molecule has 27 heavy (non-hydrogen) atoms. The second kappa shape index (κ2) is 6.52. The standard InChI is InChI=1S/C19H13N7S/c1-25-11-15(19(22)24-25)13-6-17(18-14(8-21)9-23-26(18)10-13)27-16-5-3-2-4-12(16)7-20/h2-6,9-11H,1H3,(H2,22,24). The molecule has 4 aromatic rings. The minimum Gasteiger partial charge on any atom is -0.382 e. The molecule has 3 aromatic heterocycles. The number of aromatic nitrogens is 4. The van der Waals surface area contributed by atoms with Gasteiger partial charge in [-0.15, -0.1) is 0 Å². The van der Waals surface area contributed by atoms with Gasteiger partial charge in [0.05, 0.1) is 22.8 Å². The van der Waals surface area contributed by atoms with Crippen LogP contribution in [-0.2, 0) is 7.05 Å². The van der Waals surface area contributed by atoms with Crippen LogP contribution >= 0.6 is 11.8 Å². The number of nitrogens with two attached hydrogens (primary N) is 1. The summed E-state index contributed by atoms with van der Waals surface area (Å²) in [7, 11) is 1.80. The number of aryl methyl sites for hydroxylation is 1. The summed E-state index contributed by atoms with van der Waals surface area (Å²) in [6, 6.07) is 13.7. The van der Waals surface area contributed by atoms with Crippen molar-refractivity contribution in [2.75, 3.05) is 5.73 Å². The minimum atomic E-state index is 0.415. The van der Waals surface area contributed by atoms with Gasteiger partial charge in [-0.25, -0.2) is 4.52 Å². The number of benzene rings is 1. The first-order valence-electron chi connectivity index (χ1n) is 7.98. The van der Waals surface area contributed by atoms with Gasteiger partial charge in [-0.1, -0.05) is 23.9 Å². The van der Waals surface area contributed by atoms with Crippen molar-refractivity contribution in [3.05, 3.63) is 60.0 Å². The first kappa shape index (κ1) is 16.7. The molecule has 0 fully saturated rings. The Morgan fingerprint density at radius 3 is 2.56 bits per heavy atom. The zero-order valence-electron chi connectivity index (χ0n) is 14.3. The van der Waals surface area contributed by atoms with Gasteiger partial charge in [0.25, 0.3) is 0 Å². The number of fused-ring (bicyclic) bond motifs is 1. The van der Waals surface area contributed by atoms with Crippen LogP contribution < -0.4 is 5.73 Å². The van der Waals surface area contributed by atoms with E-state index < -0.39 is 0 Å². The van der Waals surface area contributed by atoms with Gasteiger partial charge in [-0.3, -0.25) is 4.68 Å². The number of nitriles is 2. The molecule has 0 aliphatic carbocycles. The molecular formula is C19H13N7S. The fourth-order valence-corrected chi connectivity index (χ4v) is 3.98. The Bertz CT molecular complexity index is 1250. The highest BCUT2D eigenvalue weighted by Gasteiger charge is 2.16. The van der Waals surface area contributed by atoms with Crippen molar-refractivity contribution < 1.29 is 0 Å². The van der Waals surface area contributed by atoms with Gasteiger partial charge in [0.15, 0.2) is 5.82 Å². The van der Waals surface area contributed by atoms with Gasteiger partial charge in [0.1, 0.15) is 12.1 Å². The molecule has 0 amide bonds. The lowest BCUT2D eigenvalue weighted by Crippen LogP contribution is -1.94. The van der Waals surface area contributed by atoms with Gasteiger partial charge in [-0.2, -0.15) is 20.7 Å². The van der Waals surface area contributed by atoms with Crippen molar-refractivity contribution >= 4 is 23.1 Å². The molecule has 130 valence electrons. The Labute approximate surface area is 159 Å². The van der Waals surface area contributed by atoms with E-state index in [1.807, 2.05) is 36.7 Å². The number of hydrogen-bond acceptors (Lipinski definition) is 6. The molecule has 0 saturated carbocycles. The van der Waals surface area contributed by atoms with Crippen LogP contribution in [0.5, 0.6) is 0 Å². The SMILES string of the molecule is Cn1cc(-c2cc(Sc3ccccc3C#N)c3c(C#N)cnn3c2)c(N)n1. The number of anilines is 1. The van der Waals surface area contributed by atoms with Crippen LogP contribution in [-0.4, -0.2) is 19.4 Å². The summed E-state index contributed by atoms with van der Waals surface area (Å²) in [6.07, 6.45) is 5.19. The highest BCUT2D eigenvalue weighted by molar-refractivity contribution is 7.99. The van der Waals surface area contributed by atoms with E-state index in [1.54, 1.807) is 22.3 Å². The average molecular weight is 371 g/mol. The number of rotatable bonds is 3. The monoisotopic (exact) mass is 371 g/mol. The molecule has 3 heterocycles. The topological polar surface area (TPSA) is 109 Å². The lowest BCUT2D eigenvalue weighted by Gasteiger charge is -2.09. The molecular weight excluding hydrogens is 358 g/mol. The molecule has 1 aromatic carbocycles. The number of hydrogen-bond donors (Lipinski definition) is 1. The predicted octanol–water partition coefficient (Wildman–Crippen LogP) is 3.21. The molecule has 0 radical (unpaired) electrons. The van der Waals surface area contributed by atoms with Crippen LogP contribution in [0.1, 0.15) is 11.1 Å². The Morgan fingerprint density at radius 2 is 1.85 bits per heavy atom. The maximum absolute atomic E-state index is 9.45. The predicted molar refractivity (Wildman–Crippen MR) is 102 cm³/mol. The van der Waals surface area contributed by atoms with Crippen molar-refractivity contribution in [1.82, 2.24) is 19.4 Å². The van der Waals surface area contributed by atoms with Crippen LogP contribution in [0.2, 0.25) is 0 Å². The maximum Gasteiger partial charge on any atom is 0.153 e. The number of nitrogen functional groups attached to an aromatic ring is 1. The van der Waals surface area contributed by atoms with E-state index in [0.717, 1.165) is 20.9 Å². The summed E-state index contributed by atoms with van der Waals surface area (Å²) in [5.74, 6) is 0.415. The molecule has 0 atom stereocenters. The van der Waals surface area contributed by atoms with Crippen molar-refractivity contribution in [2.45, 2.75) is 9.79 Å². The molecule has 2 N–H and O–H groups in total. The maximum atomic E-state index is 9.45. The minimum absolute atomic E-state index is 0.415. The fourth-order valence-electron chi connectivity index (χ4n) is 2.89. The van der Waals surface area contributed by atoms with Crippen molar-refractivity contribution in [1.29, 1.82) is 10.5 Å². The lowest BCUT2D eigenvalue weighted by molar-refractivity contribution is 0.772. The van der Waals surface area contributed by atoms with E-state index in [2.05, 4.69) is 22.3 Å². The summed E-state index contributed by atoms with van der Waals surface area (Å²) in [6.45, 7) is 0. The van der Waals surface area contributed by atoms with Crippen LogP contribution in [0, 0.1) is 22.7 Å². The molecule has 0 unspecified atom stereocenters. The first-order valence-corrected chi connectivity index (χ1v) is 8.80. The van der Waals surface area contributed by atoms with E-state index in [0.29, 0.717) is 22.5 Å². The normalized spacial score (nSPS) is 10.6. The van der Waals surface area contributed by atoms with E-state index in [4.69, 9.17) is 5.73 Å². The number of nitrogens with zero attached hydrogens (tertiary/aromatic N) is 6. The van der Waals surface area contributed by atoms with Crippen molar-refractivity contribution in [2.24, 2.45) is 7.05 Å². The molecule has 8 heteroatoms. The average Bonchev–Trinajstić information content (AvgIpc) is 3.24. The smallest absolute Gasteiger partial charge is 0.153 e. The van der Waals surface area contributed by atoms with Gasteiger partial charge in [-0.05, 0) is 18.2 Å². The third-order valence-electron chi connectivity index (χ3n) is 4.09. The molecule has 0 aliphatic rings. The highest BCUT2D eigenvalue weighted by atomic mass is 32.2. The summed E-state index contributed by atoms with van der Waals surface area (Å²) in [4.78, 5) is 1.62. The summed E-state index contributed by atoms with van der Waals surface area (Å²) in [5.41, 5.74) is 9.39. The third-order valence-corrected chi connectivity index (χ3v) is 5.20. The third kappa shape index (κ3) is 2.88. The quantitative estimate of drug-likeness (QED) is 0.592. The molecule has 7 nitrogen and oxygen atoms in total. The first-order chi connectivity index (χ1) is 13.1. The molecule has 0 aliphatic heterocycles. The zero-order chi connectivity index (χ0) is 19.0. The van der Waals surface area contributed by atoms with Crippen LogP contribution in [0.3, 0.4) is 0 Å². The molecule has 0 spiro atoms. The lowest BCUT2D eigenvalue weighted by atomic mass is 10.1. The van der Waals surface area contributed by atoms with Crippen LogP contribution in [0.25, 0.3) is 16.6 Å². The Kier molecular flexibility index (Phi) is 4.03. The van der Waals surface area contributed by atoms with Crippen LogP contribution in [0.15, 0.2) is 58.7 Å². The molecule has 0 bridgehead atoms. The largest absolute Gasteiger partial charge is 0.382 e. The van der Waals surface area contributed by atoms with Crippen LogP contribution in [0.4, 0.5) is 5.82 Å². The van der Waals surface area contributed by atoms with E-state index >= 15 is 0 Å². The van der Waals surface area contributed by atoms with E-state index in [-0.39, 0.29) is 0 Å². The van der Waals surface area contributed by atoms with Crippen molar-refractivity contribution in [3.63, 3.8) is 0 Å². The highest BCUT2D eigenvalue weighted by Crippen LogP contribution is 2.37. The van der Waals surface area contributed by atoms with Gasteiger partial charge in [0.2, 0.25) is 0 Å². The number of pyridine rings is 1. The second-order valence-corrected chi connectivity index (χ2v) is 6.95. The Morgan fingerprint density at radius 1 is 1.07 bits per heavy atom. The van der Waals surface area contributed by atoms with Gasteiger partial charge < -0.3 is 5.73 Å². The Hall–Kier alpha value is -3.75. The van der Waals surface area contributed by atoms with Gasteiger partial charge >= 0.3 is 0 Å². The summed E-state index contributed by atoms with van der Waals surface area (Å²) < 4.78 is 3.31. The van der Waals surface area contributed by atoms with Gasteiger partial charge in [0, 0.05) is 40.4 Å². The van der Waals surface area contributed by atoms with Crippen molar-refractivity contribution in [3.8, 4) is 23.3 Å². The van der Waals surface area contributed by atoms with E-state index in [9.17, 15) is 10.5 Å². The van der Waals surface area contributed by atoms with E-state index in [1.165, 1.54) is 18.0 Å². The second-order valence-electron chi connectivity index (χ2n) is 5.87. The zero-order valence-corrected chi connectivity index (χ0v) is 15.1. The Balaban J connectivity index is 1.94. The summed E-state index contributed by atoms with van der Waals surface area (Å²) in [5, 5.41) is 27.3. The molecule has 0 saturated heterocycles.